The maximum Gasteiger partial charge on any atom is 0.308 e. The average Bonchev–Trinajstić information content (AvgIpc) is 1.84. The van der Waals surface area contributed by atoms with Gasteiger partial charge in [0.05, 0.1) is 18.1 Å². The molecule has 0 N–H and O–H groups in total. The number of rotatable bonds is 3. The van der Waals surface area contributed by atoms with Crippen molar-refractivity contribution in [2.24, 2.45) is 4.99 Å². The molecule has 4 heteroatoms. The summed E-state index contributed by atoms with van der Waals surface area (Å²) in [6.45, 7) is 5.84. The van der Waals surface area contributed by atoms with Gasteiger partial charge in [0, 0.05) is 0 Å². The van der Waals surface area contributed by atoms with E-state index in [-0.39, 0.29) is 12.4 Å². The lowest BCUT2D eigenvalue weighted by atomic mass is 10.2. The third-order valence-corrected chi connectivity index (χ3v) is 1.04. The van der Waals surface area contributed by atoms with E-state index in [1.807, 2.05) is 20.8 Å². The number of aliphatic imine (C=N–C) groups is 1. The molecule has 12 heavy (non-hydrogen) atoms. The molecule has 0 rings (SSSR count). The first-order chi connectivity index (χ1) is 5.45. The van der Waals surface area contributed by atoms with E-state index in [4.69, 9.17) is 4.74 Å². The van der Waals surface area contributed by atoms with Gasteiger partial charge in [-0.2, -0.15) is 0 Å². The van der Waals surface area contributed by atoms with Gasteiger partial charge >= 0.3 is 5.97 Å². The molecule has 0 unspecified atom stereocenters. The summed E-state index contributed by atoms with van der Waals surface area (Å²) in [5.41, 5.74) is -0.418. The molecule has 0 heterocycles. The molecule has 0 aromatic carbocycles. The number of carbonyl (C=O) groups is 1. The van der Waals surface area contributed by atoms with Crippen LogP contribution < -0.4 is 0 Å². The minimum atomic E-state index is -0.418. The Labute approximate surface area is 77.8 Å². The molecule has 0 aliphatic heterocycles. The summed E-state index contributed by atoms with van der Waals surface area (Å²) in [6, 6.07) is 0. The van der Waals surface area contributed by atoms with Crippen LogP contribution in [0.3, 0.4) is 0 Å². The Bertz CT molecular complexity index is 202. The number of isothiocyanates is 1. The van der Waals surface area contributed by atoms with Gasteiger partial charge in [-0.05, 0) is 33.0 Å². The summed E-state index contributed by atoms with van der Waals surface area (Å²) >= 11 is 4.34. The van der Waals surface area contributed by atoms with Gasteiger partial charge in [-0.3, -0.25) is 4.79 Å². The molecule has 0 saturated carbocycles. The standard InChI is InChI=1S/C8H13NO2S/c1-8(2,3)11-7(10)4-5-9-6-12/h4-5H2,1-3H3. The molecule has 0 aliphatic rings. The normalized spacial score (nSPS) is 10.2. The van der Waals surface area contributed by atoms with E-state index < -0.39 is 5.60 Å². The Morgan fingerprint density at radius 3 is 2.58 bits per heavy atom. The average molecular weight is 187 g/mol. The second-order valence-corrected chi connectivity index (χ2v) is 3.49. The van der Waals surface area contributed by atoms with Crippen LogP contribution in [-0.2, 0) is 9.53 Å². The SMILES string of the molecule is CC(C)(C)OC(=O)CCN=C=S. The lowest BCUT2D eigenvalue weighted by Gasteiger charge is -2.18. The van der Waals surface area contributed by atoms with Crippen molar-refractivity contribution in [2.45, 2.75) is 32.8 Å². The molecule has 0 bridgehead atoms. The quantitative estimate of drug-likeness (QED) is 0.384. The molecule has 0 aromatic heterocycles. The van der Waals surface area contributed by atoms with E-state index in [1.54, 1.807) is 0 Å². The Hall–Kier alpha value is -0.730. The highest BCUT2D eigenvalue weighted by Gasteiger charge is 2.15. The van der Waals surface area contributed by atoms with Gasteiger partial charge in [-0.15, -0.1) is 0 Å². The van der Waals surface area contributed by atoms with Crippen LogP contribution in [0.2, 0.25) is 0 Å². The van der Waals surface area contributed by atoms with E-state index in [0.717, 1.165) is 0 Å². The van der Waals surface area contributed by atoms with Crippen LogP contribution in [0.4, 0.5) is 0 Å². The van der Waals surface area contributed by atoms with Crippen LogP contribution in [0, 0.1) is 0 Å². The Morgan fingerprint density at radius 2 is 2.17 bits per heavy atom. The van der Waals surface area contributed by atoms with E-state index in [1.165, 1.54) is 0 Å². The van der Waals surface area contributed by atoms with Gasteiger partial charge in [0.2, 0.25) is 0 Å². The molecule has 0 amide bonds. The largest absolute Gasteiger partial charge is 0.460 e. The lowest BCUT2D eigenvalue weighted by molar-refractivity contribution is -0.154. The molecule has 3 nitrogen and oxygen atoms in total. The number of esters is 1. The smallest absolute Gasteiger partial charge is 0.308 e. The fraction of sp³-hybridized carbons (Fsp3) is 0.750. The number of thiocarbonyl (C=S) groups is 1. The summed E-state index contributed by atoms with van der Waals surface area (Å²) in [4.78, 5) is 14.6. The molecular weight excluding hydrogens is 174 g/mol. The van der Waals surface area contributed by atoms with Gasteiger partial charge in [0.1, 0.15) is 5.60 Å². The Balaban J connectivity index is 3.68. The molecule has 68 valence electrons. The zero-order chi connectivity index (χ0) is 9.61. The maximum atomic E-state index is 11.0. The molecule has 0 spiro atoms. The zero-order valence-electron chi connectivity index (χ0n) is 7.59. The van der Waals surface area contributed by atoms with Crippen molar-refractivity contribution in [3.63, 3.8) is 0 Å². The third-order valence-electron chi connectivity index (χ3n) is 0.912. The molecular formula is C8H13NO2S. The van der Waals surface area contributed by atoms with Crippen LogP contribution in [0.5, 0.6) is 0 Å². The van der Waals surface area contributed by atoms with Crippen molar-refractivity contribution in [3.05, 3.63) is 0 Å². The van der Waals surface area contributed by atoms with Gasteiger partial charge < -0.3 is 4.74 Å². The summed E-state index contributed by atoms with van der Waals surface area (Å²) in [7, 11) is 0. The second-order valence-electron chi connectivity index (χ2n) is 3.31. The van der Waals surface area contributed by atoms with Crippen LogP contribution >= 0.6 is 12.2 Å². The van der Waals surface area contributed by atoms with Crippen LogP contribution in [0.1, 0.15) is 27.2 Å². The van der Waals surface area contributed by atoms with E-state index >= 15 is 0 Å². The molecule has 0 aromatic rings. The molecule has 0 aliphatic carbocycles. The van der Waals surface area contributed by atoms with Crippen molar-refractivity contribution in [1.29, 1.82) is 0 Å². The van der Waals surface area contributed by atoms with Crippen LogP contribution in [0.15, 0.2) is 4.99 Å². The van der Waals surface area contributed by atoms with Crippen molar-refractivity contribution in [3.8, 4) is 0 Å². The summed E-state index contributed by atoms with van der Waals surface area (Å²) < 4.78 is 5.02. The zero-order valence-corrected chi connectivity index (χ0v) is 8.40. The topological polar surface area (TPSA) is 38.7 Å². The predicted octanol–water partition coefficient (Wildman–Crippen LogP) is 1.82. The number of nitrogens with zero attached hydrogens (tertiary/aromatic N) is 1. The summed E-state index contributed by atoms with van der Waals surface area (Å²) in [5, 5.41) is 2.19. The van der Waals surface area contributed by atoms with Crippen LogP contribution in [0.25, 0.3) is 0 Å². The van der Waals surface area contributed by atoms with Gasteiger partial charge in [0.15, 0.2) is 0 Å². The highest BCUT2D eigenvalue weighted by molar-refractivity contribution is 7.78. The molecule has 0 fully saturated rings. The van der Waals surface area contributed by atoms with Crippen molar-refractivity contribution < 1.29 is 9.53 Å². The first kappa shape index (κ1) is 11.3. The molecule has 0 atom stereocenters. The van der Waals surface area contributed by atoms with E-state index in [2.05, 4.69) is 22.4 Å². The third kappa shape index (κ3) is 7.38. The minimum absolute atomic E-state index is 0.253. The highest BCUT2D eigenvalue weighted by atomic mass is 32.1. The first-order valence-corrected chi connectivity index (χ1v) is 4.12. The summed E-state index contributed by atoms with van der Waals surface area (Å²) in [6.07, 6.45) is 0.265. The van der Waals surface area contributed by atoms with Crippen LogP contribution in [-0.4, -0.2) is 23.3 Å². The lowest BCUT2D eigenvalue weighted by Crippen LogP contribution is -2.24. The summed E-state index contributed by atoms with van der Waals surface area (Å²) in [5.74, 6) is -0.253. The van der Waals surface area contributed by atoms with Crippen molar-refractivity contribution in [1.82, 2.24) is 0 Å². The number of ether oxygens (including phenoxy) is 1. The Morgan fingerprint density at radius 1 is 1.58 bits per heavy atom. The number of carbonyl (C=O) groups excluding carboxylic acids is 1. The van der Waals surface area contributed by atoms with E-state index in [9.17, 15) is 4.79 Å². The van der Waals surface area contributed by atoms with E-state index in [0.29, 0.717) is 6.54 Å². The first-order valence-electron chi connectivity index (χ1n) is 3.71. The van der Waals surface area contributed by atoms with Crippen molar-refractivity contribution in [2.75, 3.05) is 6.54 Å². The van der Waals surface area contributed by atoms with Gasteiger partial charge in [-0.1, -0.05) is 0 Å². The predicted molar refractivity (Wildman–Crippen MR) is 50.4 cm³/mol. The molecule has 0 radical (unpaired) electrons. The fourth-order valence-corrected chi connectivity index (χ4v) is 0.677. The van der Waals surface area contributed by atoms with Gasteiger partial charge in [0.25, 0.3) is 0 Å². The highest BCUT2D eigenvalue weighted by Crippen LogP contribution is 2.07. The second kappa shape index (κ2) is 5.01. The Kier molecular flexibility index (Phi) is 4.71. The molecule has 0 saturated heterocycles. The number of hydrogen-bond acceptors (Lipinski definition) is 4. The number of hydrogen-bond donors (Lipinski definition) is 0. The minimum Gasteiger partial charge on any atom is -0.460 e. The fourth-order valence-electron chi connectivity index (χ4n) is 0.585. The monoisotopic (exact) mass is 187 g/mol. The van der Waals surface area contributed by atoms with Crippen molar-refractivity contribution >= 4 is 23.3 Å². The maximum absolute atomic E-state index is 11.0. The van der Waals surface area contributed by atoms with Gasteiger partial charge in [-0.25, -0.2) is 4.99 Å².